The van der Waals surface area contributed by atoms with Crippen molar-refractivity contribution in [2.75, 3.05) is 0 Å². The summed E-state index contributed by atoms with van der Waals surface area (Å²) in [5.41, 5.74) is 0.0981. The van der Waals surface area contributed by atoms with Crippen LogP contribution in [0.25, 0.3) is 0 Å². The normalized spacial score (nSPS) is 10.3. The first-order valence-electron chi connectivity index (χ1n) is 5.01. The molecule has 18 heavy (non-hydrogen) atoms. The Labute approximate surface area is 107 Å². The second kappa shape index (κ2) is 5.05. The summed E-state index contributed by atoms with van der Waals surface area (Å²) >= 11 is 5.89. The number of nitrogens with zero attached hydrogens (tertiary/aromatic N) is 2. The molecule has 0 bridgehead atoms. The molecule has 0 unspecified atom stereocenters. The smallest absolute Gasteiger partial charge is 0.335 e. The highest BCUT2D eigenvalue weighted by molar-refractivity contribution is 6.32. The molecule has 1 aromatic carbocycles. The van der Waals surface area contributed by atoms with Gasteiger partial charge < -0.3 is 14.4 Å². The number of hydrogen-bond donors (Lipinski definition) is 1. The number of carbonyl (C=O) groups is 1. The van der Waals surface area contributed by atoms with E-state index in [2.05, 4.69) is 10.1 Å². The van der Waals surface area contributed by atoms with Gasteiger partial charge in [-0.3, -0.25) is 0 Å². The highest BCUT2D eigenvalue weighted by Crippen LogP contribution is 2.26. The van der Waals surface area contributed by atoms with Crippen LogP contribution in [0.3, 0.4) is 0 Å². The molecule has 0 atom stereocenters. The van der Waals surface area contributed by atoms with Crippen LogP contribution in [0, 0.1) is 6.92 Å². The van der Waals surface area contributed by atoms with Gasteiger partial charge in [0.2, 0.25) is 0 Å². The van der Waals surface area contributed by atoms with Gasteiger partial charge in [-0.15, -0.1) is 0 Å². The van der Waals surface area contributed by atoms with E-state index in [4.69, 9.17) is 26.0 Å². The molecule has 0 amide bonds. The average Bonchev–Trinajstić information content (AvgIpc) is 2.73. The lowest BCUT2D eigenvalue weighted by Crippen LogP contribution is -1.99. The van der Waals surface area contributed by atoms with Gasteiger partial charge in [0.15, 0.2) is 12.4 Å². The lowest BCUT2D eigenvalue weighted by molar-refractivity contribution is 0.0697. The Kier molecular flexibility index (Phi) is 3.47. The van der Waals surface area contributed by atoms with Gasteiger partial charge in [-0.25, -0.2) is 4.79 Å². The Hall–Kier alpha value is -2.08. The second-order valence-electron chi connectivity index (χ2n) is 3.47. The second-order valence-corrected chi connectivity index (χ2v) is 3.88. The van der Waals surface area contributed by atoms with E-state index >= 15 is 0 Å². The van der Waals surface area contributed by atoms with Crippen LogP contribution in [0.15, 0.2) is 22.7 Å². The van der Waals surface area contributed by atoms with Gasteiger partial charge in [0.05, 0.1) is 10.6 Å². The van der Waals surface area contributed by atoms with E-state index in [9.17, 15) is 4.79 Å². The summed E-state index contributed by atoms with van der Waals surface area (Å²) in [6.45, 7) is 1.77. The number of rotatable bonds is 4. The minimum absolute atomic E-state index is 0.0764. The van der Waals surface area contributed by atoms with Crippen LogP contribution in [-0.2, 0) is 6.61 Å². The minimum atomic E-state index is -1.05. The maximum atomic E-state index is 10.7. The first kappa shape index (κ1) is 12.4. The lowest BCUT2D eigenvalue weighted by Gasteiger charge is -2.05. The maximum Gasteiger partial charge on any atom is 0.335 e. The number of ether oxygens (including phenoxy) is 1. The van der Waals surface area contributed by atoms with E-state index < -0.39 is 5.97 Å². The van der Waals surface area contributed by atoms with Crippen LogP contribution in [0.1, 0.15) is 22.1 Å². The van der Waals surface area contributed by atoms with E-state index in [0.717, 1.165) is 0 Å². The molecule has 1 aromatic heterocycles. The van der Waals surface area contributed by atoms with Gasteiger partial charge in [-0.05, 0) is 25.1 Å². The van der Waals surface area contributed by atoms with Crippen LogP contribution in [0.5, 0.6) is 5.75 Å². The summed E-state index contributed by atoms with van der Waals surface area (Å²) in [5.74, 6) is 0.153. The summed E-state index contributed by atoms with van der Waals surface area (Å²) in [6, 6.07) is 4.20. The summed E-state index contributed by atoms with van der Waals surface area (Å²) in [7, 11) is 0. The van der Waals surface area contributed by atoms with Crippen LogP contribution in [-0.4, -0.2) is 21.2 Å². The summed E-state index contributed by atoms with van der Waals surface area (Å²) in [4.78, 5) is 14.7. The monoisotopic (exact) mass is 268 g/mol. The molecule has 0 radical (unpaired) electrons. The Morgan fingerprint density at radius 2 is 2.33 bits per heavy atom. The van der Waals surface area contributed by atoms with Crippen molar-refractivity contribution < 1.29 is 19.2 Å². The van der Waals surface area contributed by atoms with E-state index in [-0.39, 0.29) is 17.2 Å². The fourth-order valence-electron chi connectivity index (χ4n) is 1.29. The molecule has 0 aliphatic rings. The molecule has 0 aliphatic carbocycles. The van der Waals surface area contributed by atoms with Crippen molar-refractivity contribution in [3.63, 3.8) is 0 Å². The van der Waals surface area contributed by atoms with Crippen LogP contribution < -0.4 is 4.74 Å². The molecule has 0 fully saturated rings. The molecule has 6 nitrogen and oxygen atoms in total. The predicted molar refractivity (Wildman–Crippen MR) is 61.8 cm³/mol. The Morgan fingerprint density at radius 1 is 1.56 bits per heavy atom. The van der Waals surface area contributed by atoms with Crippen molar-refractivity contribution in [1.82, 2.24) is 10.1 Å². The molecule has 0 saturated heterocycles. The van der Waals surface area contributed by atoms with E-state index in [1.54, 1.807) is 6.92 Å². The predicted octanol–water partition coefficient (Wildman–Crippen LogP) is 2.31. The van der Waals surface area contributed by atoms with Crippen molar-refractivity contribution in [3.05, 3.63) is 40.5 Å². The fourth-order valence-corrected chi connectivity index (χ4v) is 1.52. The van der Waals surface area contributed by atoms with Gasteiger partial charge in [0.1, 0.15) is 5.75 Å². The Morgan fingerprint density at radius 3 is 2.89 bits per heavy atom. The number of carboxylic acid groups (broad SMARTS) is 1. The largest absolute Gasteiger partial charge is 0.482 e. The standard InChI is InChI=1S/C11H9ClN2O4/c1-6-13-10(18-14-6)5-17-9-3-2-7(11(15)16)4-8(9)12/h2-4H,5H2,1H3,(H,15,16). The van der Waals surface area contributed by atoms with Crippen LogP contribution in [0.4, 0.5) is 0 Å². The fraction of sp³-hybridized carbons (Fsp3) is 0.182. The van der Waals surface area contributed by atoms with Crippen LogP contribution in [0.2, 0.25) is 5.02 Å². The summed E-state index contributed by atoms with van der Waals surface area (Å²) in [6.07, 6.45) is 0. The number of aromatic carboxylic acids is 1. The zero-order valence-electron chi connectivity index (χ0n) is 9.38. The van der Waals surface area contributed by atoms with Gasteiger partial charge >= 0.3 is 5.97 Å². The first-order valence-corrected chi connectivity index (χ1v) is 5.39. The molecule has 2 aromatic rings. The number of aromatic nitrogens is 2. The third-order valence-electron chi connectivity index (χ3n) is 2.10. The molecule has 0 saturated carbocycles. The molecule has 7 heteroatoms. The van der Waals surface area contributed by atoms with Crippen molar-refractivity contribution in [2.24, 2.45) is 0 Å². The van der Waals surface area contributed by atoms with E-state index in [0.29, 0.717) is 17.5 Å². The number of carboxylic acids is 1. The number of benzene rings is 1. The first-order chi connectivity index (χ1) is 8.56. The van der Waals surface area contributed by atoms with Gasteiger partial charge in [-0.1, -0.05) is 16.8 Å². The zero-order valence-corrected chi connectivity index (χ0v) is 10.1. The maximum absolute atomic E-state index is 10.7. The van der Waals surface area contributed by atoms with Crippen molar-refractivity contribution in [1.29, 1.82) is 0 Å². The SMILES string of the molecule is Cc1noc(COc2ccc(C(=O)O)cc2Cl)n1. The highest BCUT2D eigenvalue weighted by Gasteiger charge is 2.09. The number of aryl methyl sites for hydroxylation is 1. The van der Waals surface area contributed by atoms with Crippen LogP contribution >= 0.6 is 11.6 Å². The number of halogens is 1. The van der Waals surface area contributed by atoms with E-state index in [1.807, 2.05) is 0 Å². The Balaban J connectivity index is 2.08. The highest BCUT2D eigenvalue weighted by atomic mass is 35.5. The third kappa shape index (κ3) is 2.78. The van der Waals surface area contributed by atoms with Gasteiger partial charge in [0, 0.05) is 0 Å². The molecular formula is C11H9ClN2O4. The topological polar surface area (TPSA) is 85.5 Å². The molecule has 0 spiro atoms. The third-order valence-corrected chi connectivity index (χ3v) is 2.39. The molecule has 1 heterocycles. The summed E-state index contributed by atoms with van der Waals surface area (Å²) in [5, 5.41) is 12.6. The van der Waals surface area contributed by atoms with Gasteiger partial charge in [0.25, 0.3) is 5.89 Å². The zero-order chi connectivity index (χ0) is 13.1. The molecule has 94 valence electrons. The van der Waals surface area contributed by atoms with Crippen molar-refractivity contribution in [2.45, 2.75) is 13.5 Å². The molecule has 0 aliphatic heterocycles. The van der Waals surface area contributed by atoms with Crippen molar-refractivity contribution >= 4 is 17.6 Å². The average molecular weight is 269 g/mol. The van der Waals surface area contributed by atoms with E-state index in [1.165, 1.54) is 18.2 Å². The minimum Gasteiger partial charge on any atom is -0.482 e. The molecular weight excluding hydrogens is 260 g/mol. The van der Waals surface area contributed by atoms with Gasteiger partial charge in [-0.2, -0.15) is 4.98 Å². The Bertz CT molecular complexity index is 582. The lowest BCUT2D eigenvalue weighted by atomic mass is 10.2. The molecule has 1 N–H and O–H groups in total. The number of hydrogen-bond acceptors (Lipinski definition) is 5. The van der Waals surface area contributed by atoms with Crippen molar-refractivity contribution in [3.8, 4) is 5.75 Å². The quantitative estimate of drug-likeness (QED) is 0.916. The summed E-state index contributed by atoms with van der Waals surface area (Å²) < 4.78 is 10.2. The molecule has 2 rings (SSSR count).